The molecule has 0 unspecified atom stereocenters. The molecule has 0 aliphatic rings. The highest BCUT2D eigenvalue weighted by Gasteiger charge is 2.03. The number of hydrogen-bond donors (Lipinski definition) is 2. The van der Waals surface area contributed by atoms with Crippen molar-refractivity contribution >= 4 is 17.3 Å². The van der Waals surface area contributed by atoms with Crippen molar-refractivity contribution in [3.63, 3.8) is 0 Å². The maximum Gasteiger partial charge on any atom is 0.134 e. The SMILES string of the molecule is Cc1cccc(C)c1CNc1ccc(O)c(Cl)c1. The van der Waals surface area contributed by atoms with Crippen LogP contribution in [0.3, 0.4) is 0 Å². The smallest absolute Gasteiger partial charge is 0.134 e. The Balaban J connectivity index is 2.14. The number of phenols is 1. The first-order chi connectivity index (χ1) is 8.58. The molecule has 94 valence electrons. The van der Waals surface area contributed by atoms with Crippen LogP contribution in [-0.2, 0) is 6.54 Å². The molecule has 0 atom stereocenters. The number of anilines is 1. The molecule has 2 aromatic carbocycles. The maximum absolute atomic E-state index is 9.36. The molecule has 0 saturated carbocycles. The molecule has 18 heavy (non-hydrogen) atoms. The Labute approximate surface area is 112 Å². The van der Waals surface area contributed by atoms with E-state index in [0.717, 1.165) is 12.2 Å². The molecule has 0 aromatic heterocycles. The normalized spacial score (nSPS) is 10.4. The minimum absolute atomic E-state index is 0.106. The fourth-order valence-electron chi connectivity index (χ4n) is 1.94. The van der Waals surface area contributed by atoms with Crippen LogP contribution in [0, 0.1) is 13.8 Å². The van der Waals surface area contributed by atoms with Crippen LogP contribution in [0.25, 0.3) is 0 Å². The third-order valence-electron chi connectivity index (χ3n) is 3.06. The quantitative estimate of drug-likeness (QED) is 0.809. The van der Waals surface area contributed by atoms with Gasteiger partial charge in [0.1, 0.15) is 5.75 Å². The largest absolute Gasteiger partial charge is 0.506 e. The molecule has 0 heterocycles. The molecule has 0 amide bonds. The maximum atomic E-state index is 9.36. The minimum atomic E-state index is 0.106. The van der Waals surface area contributed by atoms with E-state index in [9.17, 15) is 5.11 Å². The molecule has 0 fully saturated rings. The van der Waals surface area contributed by atoms with Gasteiger partial charge in [0.25, 0.3) is 0 Å². The van der Waals surface area contributed by atoms with Gasteiger partial charge in [-0.3, -0.25) is 0 Å². The molecular formula is C15H16ClNO. The van der Waals surface area contributed by atoms with Crippen molar-refractivity contribution in [2.75, 3.05) is 5.32 Å². The van der Waals surface area contributed by atoms with Crippen LogP contribution < -0.4 is 5.32 Å². The zero-order valence-corrected chi connectivity index (χ0v) is 11.3. The Hall–Kier alpha value is -1.67. The number of phenolic OH excluding ortho intramolecular Hbond substituents is 1. The van der Waals surface area contributed by atoms with Gasteiger partial charge in [0, 0.05) is 12.2 Å². The van der Waals surface area contributed by atoms with E-state index < -0.39 is 0 Å². The monoisotopic (exact) mass is 261 g/mol. The lowest BCUT2D eigenvalue weighted by Gasteiger charge is -2.12. The molecule has 0 saturated heterocycles. The molecule has 0 aliphatic heterocycles. The number of aryl methyl sites for hydroxylation is 2. The molecule has 2 N–H and O–H groups in total. The van der Waals surface area contributed by atoms with Gasteiger partial charge < -0.3 is 10.4 Å². The number of nitrogens with one attached hydrogen (secondary N) is 1. The van der Waals surface area contributed by atoms with Gasteiger partial charge in [0.15, 0.2) is 0 Å². The molecular weight excluding hydrogens is 246 g/mol. The average Bonchev–Trinajstić information content (AvgIpc) is 2.33. The van der Waals surface area contributed by atoms with Crippen LogP contribution in [0.2, 0.25) is 5.02 Å². The highest BCUT2D eigenvalue weighted by atomic mass is 35.5. The first-order valence-electron chi connectivity index (χ1n) is 5.85. The van der Waals surface area contributed by atoms with E-state index in [4.69, 9.17) is 11.6 Å². The van der Waals surface area contributed by atoms with Crippen molar-refractivity contribution in [1.29, 1.82) is 0 Å². The second-order valence-corrected chi connectivity index (χ2v) is 4.80. The fourth-order valence-corrected chi connectivity index (χ4v) is 2.12. The van der Waals surface area contributed by atoms with Crippen LogP contribution in [0.1, 0.15) is 16.7 Å². The fraction of sp³-hybridized carbons (Fsp3) is 0.200. The summed E-state index contributed by atoms with van der Waals surface area (Å²) in [5, 5.41) is 13.0. The lowest BCUT2D eigenvalue weighted by Crippen LogP contribution is -2.03. The first kappa shape index (κ1) is 12.8. The number of hydrogen-bond acceptors (Lipinski definition) is 2. The highest BCUT2D eigenvalue weighted by molar-refractivity contribution is 6.32. The lowest BCUT2D eigenvalue weighted by atomic mass is 10.0. The molecule has 0 spiro atoms. The number of benzene rings is 2. The van der Waals surface area contributed by atoms with Crippen molar-refractivity contribution in [1.82, 2.24) is 0 Å². The summed E-state index contributed by atoms with van der Waals surface area (Å²) in [6.45, 7) is 4.96. The van der Waals surface area contributed by atoms with Crippen LogP contribution in [0.4, 0.5) is 5.69 Å². The Bertz CT molecular complexity index is 546. The van der Waals surface area contributed by atoms with Crippen molar-refractivity contribution < 1.29 is 5.11 Å². The standard InChI is InChI=1S/C15H16ClNO/c1-10-4-3-5-11(2)13(10)9-17-12-6-7-15(18)14(16)8-12/h3-8,17-18H,9H2,1-2H3. The van der Waals surface area contributed by atoms with Gasteiger partial charge in [0.05, 0.1) is 5.02 Å². The van der Waals surface area contributed by atoms with E-state index in [-0.39, 0.29) is 5.75 Å². The zero-order chi connectivity index (χ0) is 13.1. The van der Waals surface area contributed by atoms with E-state index >= 15 is 0 Å². The number of aromatic hydroxyl groups is 1. The van der Waals surface area contributed by atoms with Gasteiger partial charge in [-0.05, 0) is 48.7 Å². The summed E-state index contributed by atoms with van der Waals surface area (Å²) in [5.74, 6) is 0.106. The predicted molar refractivity (Wildman–Crippen MR) is 76.4 cm³/mol. The van der Waals surface area contributed by atoms with Crippen molar-refractivity contribution in [2.45, 2.75) is 20.4 Å². The summed E-state index contributed by atoms with van der Waals surface area (Å²) < 4.78 is 0. The van der Waals surface area contributed by atoms with Crippen molar-refractivity contribution in [2.24, 2.45) is 0 Å². The second kappa shape index (κ2) is 5.32. The van der Waals surface area contributed by atoms with Gasteiger partial charge in [-0.1, -0.05) is 29.8 Å². The Morgan fingerprint density at radius 3 is 2.39 bits per heavy atom. The van der Waals surface area contributed by atoms with Crippen LogP contribution in [-0.4, -0.2) is 5.11 Å². The summed E-state index contributed by atoms with van der Waals surface area (Å²) >= 11 is 5.87. The summed E-state index contributed by atoms with van der Waals surface area (Å²) in [7, 11) is 0. The van der Waals surface area contributed by atoms with Crippen LogP contribution in [0.5, 0.6) is 5.75 Å². The highest BCUT2D eigenvalue weighted by Crippen LogP contribution is 2.26. The molecule has 0 aliphatic carbocycles. The summed E-state index contributed by atoms with van der Waals surface area (Å²) in [5.41, 5.74) is 4.74. The zero-order valence-electron chi connectivity index (χ0n) is 10.5. The van der Waals surface area contributed by atoms with Gasteiger partial charge in [-0.15, -0.1) is 0 Å². The molecule has 0 bridgehead atoms. The van der Waals surface area contributed by atoms with Gasteiger partial charge in [0.2, 0.25) is 0 Å². The van der Waals surface area contributed by atoms with Gasteiger partial charge in [-0.2, -0.15) is 0 Å². The third kappa shape index (κ3) is 2.77. The lowest BCUT2D eigenvalue weighted by molar-refractivity contribution is 0.475. The van der Waals surface area contributed by atoms with E-state index in [1.54, 1.807) is 12.1 Å². The second-order valence-electron chi connectivity index (χ2n) is 4.39. The molecule has 2 aromatic rings. The molecule has 0 radical (unpaired) electrons. The topological polar surface area (TPSA) is 32.3 Å². The summed E-state index contributed by atoms with van der Waals surface area (Å²) in [4.78, 5) is 0. The van der Waals surface area contributed by atoms with E-state index in [0.29, 0.717) is 5.02 Å². The first-order valence-corrected chi connectivity index (χ1v) is 6.23. The average molecular weight is 262 g/mol. The van der Waals surface area contributed by atoms with Crippen molar-refractivity contribution in [3.8, 4) is 5.75 Å². The Kier molecular flexibility index (Phi) is 3.78. The molecule has 2 rings (SSSR count). The van der Waals surface area contributed by atoms with E-state index in [1.807, 2.05) is 6.07 Å². The van der Waals surface area contributed by atoms with Gasteiger partial charge in [-0.25, -0.2) is 0 Å². The van der Waals surface area contributed by atoms with Crippen LogP contribution in [0.15, 0.2) is 36.4 Å². The van der Waals surface area contributed by atoms with E-state index in [2.05, 4.69) is 37.4 Å². The van der Waals surface area contributed by atoms with Crippen LogP contribution >= 0.6 is 11.6 Å². The number of halogens is 1. The van der Waals surface area contributed by atoms with Gasteiger partial charge >= 0.3 is 0 Å². The Morgan fingerprint density at radius 2 is 1.78 bits per heavy atom. The third-order valence-corrected chi connectivity index (χ3v) is 3.36. The molecule has 3 heteroatoms. The predicted octanol–water partition coefficient (Wildman–Crippen LogP) is 4.27. The molecule has 2 nitrogen and oxygen atoms in total. The Morgan fingerprint density at radius 1 is 1.11 bits per heavy atom. The van der Waals surface area contributed by atoms with E-state index in [1.165, 1.54) is 16.7 Å². The van der Waals surface area contributed by atoms with Crippen molar-refractivity contribution in [3.05, 3.63) is 58.1 Å². The number of rotatable bonds is 3. The summed E-state index contributed by atoms with van der Waals surface area (Å²) in [6.07, 6.45) is 0. The summed E-state index contributed by atoms with van der Waals surface area (Å²) in [6, 6.07) is 11.4. The minimum Gasteiger partial charge on any atom is -0.506 e.